The van der Waals surface area contributed by atoms with Crippen LogP contribution in [0.5, 0.6) is 0 Å². The lowest BCUT2D eigenvalue weighted by Gasteiger charge is -2.30. The van der Waals surface area contributed by atoms with Gasteiger partial charge in [-0.3, -0.25) is 47.9 Å². The molecule has 0 saturated heterocycles. The van der Waals surface area contributed by atoms with Gasteiger partial charge in [0.1, 0.15) is 48.3 Å². The van der Waals surface area contributed by atoms with Crippen molar-refractivity contribution in [1.29, 1.82) is 0 Å². The minimum atomic E-state index is -1.79. The molecular weight excluding hydrogens is 933 g/mol. The Morgan fingerprint density at radius 3 is 1.30 bits per heavy atom. The van der Waals surface area contributed by atoms with Crippen LogP contribution in [-0.2, 0) is 52.7 Å². The van der Waals surface area contributed by atoms with Crippen molar-refractivity contribution in [2.75, 3.05) is 13.2 Å². The number of aliphatic hydroxyl groups is 1. The highest BCUT2D eigenvalue weighted by molar-refractivity contribution is 5.98. The summed E-state index contributed by atoms with van der Waals surface area (Å²) in [4.78, 5) is 143. The molecule has 0 bridgehead atoms. The van der Waals surface area contributed by atoms with Gasteiger partial charge in [-0.1, -0.05) is 68.2 Å². The van der Waals surface area contributed by atoms with E-state index in [9.17, 15) is 73.2 Å². The molecule has 0 aliphatic carbocycles. The van der Waals surface area contributed by atoms with Crippen LogP contribution >= 0.6 is 0 Å². The van der Waals surface area contributed by atoms with Crippen molar-refractivity contribution < 1.29 is 73.2 Å². The van der Waals surface area contributed by atoms with Crippen molar-refractivity contribution in [1.82, 2.24) is 42.5 Å². The van der Waals surface area contributed by atoms with Crippen molar-refractivity contribution in [2.45, 2.75) is 187 Å². The van der Waals surface area contributed by atoms with Gasteiger partial charge >= 0.3 is 17.9 Å². The number of amides is 8. The molecule has 0 heterocycles. The van der Waals surface area contributed by atoms with Gasteiger partial charge in [0, 0.05) is 12.8 Å². The van der Waals surface area contributed by atoms with Crippen LogP contribution in [0, 0.1) is 23.7 Å². The zero-order chi connectivity index (χ0) is 54.7. The summed E-state index contributed by atoms with van der Waals surface area (Å²) in [6, 6.07) is -12.5. The molecule has 16 N–H and O–H groups in total. The number of nitrogens with two attached hydrogens (primary N) is 2. The van der Waals surface area contributed by atoms with Gasteiger partial charge in [-0.05, 0) is 82.1 Å². The number of carbonyl (C=O) groups is 11. The van der Waals surface area contributed by atoms with E-state index in [2.05, 4.69) is 42.5 Å². The normalized spacial score (nSPS) is 15.9. The molecule has 0 fully saturated rings. The number of rotatable bonds is 36. The van der Waals surface area contributed by atoms with Gasteiger partial charge in [0.2, 0.25) is 47.3 Å². The van der Waals surface area contributed by atoms with E-state index in [0.717, 1.165) is 6.92 Å². The summed E-state index contributed by atoms with van der Waals surface area (Å²) in [5.41, 5.74) is 11.8. The Morgan fingerprint density at radius 2 is 0.845 bits per heavy atom. The Balaban J connectivity index is 6.41. The molecule has 11 atom stereocenters. The second-order valence-corrected chi connectivity index (χ2v) is 18.8. The standard InChI is InChI=1S/C46H82N10O15/c1-10-25(7)36(48)44(68)53-31(20-23(3)4)42(66)56-37(26(8)11-2)45(69)52-28(14-12-13-19-47)40(64)55-33(22-57)43(67)51-29(15-17-34(58)59)39(63)49-27(9)38(62)50-30(16-18-35(60)61)41(65)54-32(46(70)71)21-24(5)6/h23-33,36-37,57H,10-22,47-48H2,1-9H3,(H,49,63)(H,50,62)(H,51,67)(H,52,69)(H,53,68)(H,54,65)(H,55,64)(H,56,66)(H,58,59)(H,60,61)(H,70,71)/t25-,26-,27-,28-,29-,30-,31-,32-,33-,36-,37-/m0/s1. The highest BCUT2D eigenvalue weighted by Crippen LogP contribution is 2.14. The maximum Gasteiger partial charge on any atom is 0.326 e. The molecular formula is C46H82N10O15. The first-order chi connectivity index (χ1) is 33.1. The zero-order valence-corrected chi connectivity index (χ0v) is 42.6. The first-order valence-electron chi connectivity index (χ1n) is 24.3. The zero-order valence-electron chi connectivity index (χ0n) is 42.6. The van der Waals surface area contributed by atoms with Crippen LogP contribution in [0.1, 0.15) is 133 Å². The summed E-state index contributed by atoms with van der Waals surface area (Å²) in [5, 5.41) is 58.0. The van der Waals surface area contributed by atoms with E-state index in [1.165, 1.54) is 0 Å². The molecule has 0 aromatic carbocycles. The minimum absolute atomic E-state index is 0.0156. The lowest BCUT2D eigenvalue weighted by atomic mass is 9.95. The van der Waals surface area contributed by atoms with Crippen LogP contribution in [-0.4, -0.2) is 153 Å². The van der Waals surface area contributed by atoms with Crippen molar-refractivity contribution in [2.24, 2.45) is 35.1 Å². The maximum absolute atomic E-state index is 14.0. The van der Waals surface area contributed by atoms with E-state index in [1.807, 2.05) is 20.8 Å². The molecule has 8 amide bonds. The van der Waals surface area contributed by atoms with Gasteiger partial charge in [0.25, 0.3) is 0 Å². The highest BCUT2D eigenvalue weighted by Gasteiger charge is 2.36. The number of carboxylic acid groups (broad SMARTS) is 3. The Kier molecular flexibility index (Phi) is 30.8. The Hall–Kier alpha value is -5.95. The molecule has 0 radical (unpaired) electrons. The monoisotopic (exact) mass is 1010 g/mol. The van der Waals surface area contributed by atoms with Gasteiger partial charge in [0.15, 0.2) is 0 Å². The van der Waals surface area contributed by atoms with Gasteiger partial charge in [-0.15, -0.1) is 0 Å². The number of nitrogens with one attached hydrogen (secondary N) is 8. The average molecular weight is 1020 g/mol. The summed E-state index contributed by atoms with van der Waals surface area (Å²) in [7, 11) is 0. The molecule has 0 aromatic rings. The van der Waals surface area contributed by atoms with Crippen LogP contribution in [0.4, 0.5) is 0 Å². The summed E-state index contributed by atoms with van der Waals surface area (Å²) >= 11 is 0. The molecule has 0 saturated carbocycles. The third-order valence-electron chi connectivity index (χ3n) is 11.7. The third-order valence-corrected chi connectivity index (χ3v) is 11.7. The molecule has 71 heavy (non-hydrogen) atoms. The number of aliphatic hydroxyl groups excluding tert-OH is 1. The summed E-state index contributed by atoms with van der Waals surface area (Å²) < 4.78 is 0. The van der Waals surface area contributed by atoms with Crippen molar-refractivity contribution in [3.8, 4) is 0 Å². The maximum atomic E-state index is 14.0. The predicted octanol–water partition coefficient (Wildman–Crippen LogP) is -1.67. The van der Waals surface area contributed by atoms with Crippen LogP contribution in [0.15, 0.2) is 0 Å². The van der Waals surface area contributed by atoms with Gasteiger partial charge in [0.05, 0.1) is 12.6 Å². The number of carboxylic acids is 3. The quantitative estimate of drug-likeness (QED) is 0.0312. The Labute approximate surface area is 415 Å². The number of unbranched alkanes of at least 4 members (excludes halogenated alkanes) is 1. The molecule has 0 aliphatic rings. The Morgan fingerprint density at radius 1 is 0.451 bits per heavy atom. The van der Waals surface area contributed by atoms with E-state index in [-0.39, 0.29) is 43.6 Å². The van der Waals surface area contributed by atoms with Crippen LogP contribution < -0.4 is 54.0 Å². The van der Waals surface area contributed by atoms with E-state index >= 15 is 0 Å². The van der Waals surface area contributed by atoms with E-state index in [4.69, 9.17) is 11.5 Å². The fraction of sp³-hybridized carbons (Fsp3) is 0.761. The molecule has 406 valence electrons. The van der Waals surface area contributed by atoms with Crippen LogP contribution in [0.25, 0.3) is 0 Å². The molecule has 25 nitrogen and oxygen atoms in total. The topological polar surface area (TPSA) is 417 Å². The molecule has 0 spiro atoms. The van der Waals surface area contributed by atoms with Gasteiger partial charge in [-0.25, -0.2) is 4.79 Å². The number of hydrogen-bond donors (Lipinski definition) is 14. The third kappa shape index (κ3) is 25.1. The SMILES string of the molecule is CC[C@H](C)[C@H](N)C(=O)N[C@@H](CC(C)C)C(=O)N[C@H](C(=O)N[C@@H](CCCCN)C(=O)N[C@@H](CO)C(=O)N[C@@H](CCC(=O)O)C(=O)N[C@@H](C)C(=O)N[C@@H](CCC(=O)O)C(=O)N[C@@H](CC(C)C)C(=O)O)[C@@H](C)CC. The molecule has 0 aliphatic heterocycles. The molecule has 0 rings (SSSR count). The molecule has 0 aromatic heterocycles. The number of aliphatic carboxylic acids is 3. The van der Waals surface area contributed by atoms with E-state index in [0.29, 0.717) is 25.7 Å². The fourth-order valence-electron chi connectivity index (χ4n) is 6.92. The number of carbonyl (C=O) groups excluding carboxylic acids is 8. The Bertz CT molecular complexity index is 1800. The first-order valence-corrected chi connectivity index (χ1v) is 24.3. The summed E-state index contributed by atoms with van der Waals surface area (Å²) in [6.45, 7) is 14.6. The molecule has 0 unspecified atom stereocenters. The van der Waals surface area contributed by atoms with Gasteiger partial charge in [-0.2, -0.15) is 0 Å². The van der Waals surface area contributed by atoms with Crippen LogP contribution in [0.3, 0.4) is 0 Å². The van der Waals surface area contributed by atoms with Crippen molar-refractivity contribution in [3.05, 3.63) is 0 Å². The summed E-state index contributed by atoms with van der Waals surface area (Å²) in [6.07, 6.45) is -0.370. The first kappa shape index (κ1) is 65.0. The van der Waals surface area contributed by atoms with Gasteiger partial charge < -0.3 is 74.4 Å². The largest absolute Gasteiger partial charge is 0.481 e. The minimum Gasteiger partial charge on any atom is -0.481 e. The van der Waals surface area contributed by atoms with E-state index < -0.39 is 158 Å². The smallest absolute Gasteiger partial charge is 0.326 e. The van der Waals surface area contributed by atoms with Crippen molar-refractivity contribution >= 4 is 65.2 Å². The average Bonchev–Trinajstić information content (AvgIpc) is 3.29. The van der Waals surface area contributed by atoms with E-state index in [1.54, 1.807) is 34.6 Å². The van der Waals surface area contributed by atoms with Crippen LogP contribution in [0.2, 0.25) is 0 Å². The molecule has 25 heteroatoms. The highest BCUT2D eigenvalue weighted by atomic mass is 16.4. The fourth-order valence-corrected chi connectivity index (χ4v) is 6.92. The van der Waals surface area contributed by atoms with Crippen molar-refractivity contribution in [3.63, 3.8) is 0 Å². The second-order valence-electron chi connectivity index (χ2n) is 18.8. The predicted molar refractivity (Wildman–Crippen MR) is 258 cm³/mol. The second kappa shape index (κ2) is 33.6. The number of hydrogen-bond acceptors (Lipinski definition) is 14. The lowest BCUT2D eigenvalue weighted by molar-refractivity contribution is -0.143. The lowest BCUT2D eigenvalue weighted by Crippen LogP contribution is -2.61. The summed E-state index contributed by atoms with van der Waals surface area (Å²) in [5.74, 6) is -12.2.